The predicted octanol–water partition coefficient (Wildman–Crippen LogP) is 9.38. The molecule has 33 nitrogen and oxygen atoms in total. The number of halogens is 2. The van der Waals surface area contributed by atoms with Gasteiger partial charge in [0.15, 0.2) is 41.2 Å². The molecular weight excluding hydrogens is 1760 g/mol. The second-order valence-corrected chi connectivity index (χ2v) is 39.4. The number of ether oxygens (including phenoxy) is 7. The minimum Gasteiger partial charge on any atom is -0.507 e. The molecule has 11 aliphatic rings. The van der Waals surface area contributed by atoms with E-state index in [0.29, 0.717) is 37.0 Å². The number of Topliss-reactive ketones (excluding diaryl/α,β-unsaturated/α-hetero) is 3. The first-order valence-electron chi connectivity index (χ1n) is 45.2. The Labute approximate surface area is 769 Å². The Morgan fingerprint density at radius 2 is 1.34 bits per heavy atom. The third-order valence-corrected chi connectivity index (χ3v) is 29.3. The summed E-state index contributed by atoms with van der Waals surface area (Å²) in [6.45, 7) is 10.0. The predicted molar refractivity (Wildman–Crippen MR) is 477 cm³/mol. The number of carbonyl (C=O) groups excluding carboxylic acids is 8. The van der Waals surface area contributed by atoms with Crippen LogP contribution in [0.4, 0.5) is 0 Å². The molecule has 7 heterocycles. The van der Waals surface area contributed by atoms with Crippen molar-refractivity contribution < 1.29 is 121 Å². The van der Waals surface area contributed by atoms with Gasteiger partial charge in [-0.25, -0.2) is 13.1 Å². The standard InChI is InChI=1S/C95H118Cl2N8O25S/c1-7-9-10-11-24-124-57-15-17-58(18-16-57)131(122,123)101-23-22-100-42-63-68(108)40-62-79(86(63)115)61-31-50(12-19-67(61)107)60-39-70(110)80-55-35-74(126-72-20-13-51(32-64(72)96)84(113)82(104-91(118)49(8-2)25-44(3)4)69(109)34-56(37-77(99)112)92(119)102-80)89(130-95-90(88(117)87(116)76(43-106)128-95)129-78-41-66(98)45(5)46(6)125-78)75(36-55)127-73-21-14-52(33-65(73)97)85(114)83(105-93(60)120)94(121)103-81(62)71(111)38-59-53-27-47-26-48(29-53)30-54(59)28-47/h12-21,31-33,35-36,40,44-49,53-54,56,59-60,66,76,78,80-85,87-88,90,95,100-101,106-108,113-117H,7-11,22-30,34,37-39,41-43,98H2,1-6H3,(H2,99,112)(H,102,119)(H,103,121)(H,104,118)(H,105,120)/t45-,46+,47?,48?,49-,53?,54?,56+,59?,60-,66+,76-,78+,80-,81+,82+,83+,84-,85-,87-,88+,90-,95+/m1/s1. The van der Waals surface area contributed by atoms with Crippen molar-refractivity contribution in [2.45, 2.75) is 247 Å². The molecule has 6 aromatic carbocycles. The van der Waals surface area contributed by atoms with E-state index in [-0.39, 0.29) is 126 Å². The highest BCUT2D eigenvalue weighted by Crippen LogP contribution is 2.59. The summed E-state index contributed by atoms with van der Waals surface area (Å²) in [5.74, 6) is -15.9. The van der Waals surface area contributed by atoms with Crippen LogP contribution in [-0.4, -0.2) is 184 Å². The number of rotatable bonds is 28. The summed E-state index contributed by atoms with van der Waals surface area (Å²) in [6, 6.07) is 11.7. The molecule has 0 aromatic heterocycles. The Morgan fingerprint density at radius 3 is 1.95 bits per heavy atom. The number of ketones is 3. The number of unbranched alkanes of at least 4 members (excludes halogenated alkanes) is 3. The maximum atomic E-state index is 16.8. The van der Waals surface area contributed by atoms with E-state index in [2.05, 4.69) is 38.2 Å². The number of phenols is 3. The molecular formula is C95H118Cl2N8O25S. The molecule has 15 bridgehead atoms. The largest absolute Gasteiger partial charge is 0.507 e. The Bertz CT molecular complexity index is 5320. The van der Waals surface area contributed by atoms with Gasteiger partial charge in [-0.15, -0.1) is 0 Å². The SMILES string of the molecule is CCCCCCOc1ccc(S(=O)(=O)NCCNCc2c(O)cc3c(c2O)-c2cc(ccc2O)[C@H]2CC(=O)[C@@H]4NC(=O)[C@H](CC(N)=O)CC(=O)[C@H](NC(=O)[C@H](CC)CC(C)C)[C@H](O)c5ccc(c(Cl)c5)Oc5cc4cc(c5O[C@@H]4O[C@H](CO)[C@@H](O)[C@H](O)[C@H]4O[C@H]4C[C@H](N)[C@H](C)[C@H](C)O4)Oc4ccc(cc4Cl)[C@@H](O)[C@H](NC2=O)C(=O)N[C@@H]3C(=O)CC2C3CC4CC(C3)CC2C4)cc1. The fourth-order valence-electron chi connectivity index (χ4n) is 20.1. The third-order valence-electron chi connectivity index (χ3n) is 27.3. The number of benzene rings is 6. The lowest BCUT2D eigenvalue weighted by molar-refractivity contribution is -0.328. The summed E-state index contributed by atoms with van der Waals surface area (Å²) < 4.78 is 75.2. The Balaban J connectivity index is 0.926. The molecule has 6 aromatic rings. The molecule has 0 unspecified atom stereocenters. The average molecular weight is 1870 g/mol. The van der Waals surface area contributed by atoms with Gasteiger partial charge < -0.3 is 112 Å². The summed E-state index contributed by atoms with van der Waals surface area (Å²) in [6.07, 6.45) is -9.03. The molecule has 0 radical (unpaired) electrons. The van der Waals surface area contributed by atoms with Crippen molar-refractivity contribution in [1.82, 2.24) is 31.3 Å². The Kier molecular flexibility index (Phi) is 31.1. The molecule has 36 heteroatoms. The molecule has 17 rings (SSSR count). The number of aromatic hydroxyl groups is 3. The second-order valence-electron chi connectivity index (χ2n) is 36.8. The number of aliphatic hydroxyl groups is 5. The molecule has 4 aliphatic carbocycles. The molecule has 131 heavy (non-hydrogen) atoms. The fourth-order valence-corrected chi connectivity index (χ4v) is 21.6. The number of sulfonamides is 1. The van der Waals surface area contributed by atoms with Crippen molar-refractivity contribution in [3.05, 3.63) is 140 Å². The quantitative estimate of drug-likeness (QED) is 0.0203. The number of fused-ring (bicyclic) bond motifs is 15. The van der Waals surface area contributed by atoms with Crippen LogP contribution in [0.5, 0.6) is 51.7 Å². The van der Waals surface area contributed by atoms with Crippen LogP contribution in [-0.2, 0) is 69.1 Å². The number of amides is 5. The number of primary amides is 1. The van der Waals surface area contributed by atoms with E-state index in [1.807, 2.05) is 20.8 Å². The fraction of sp³-hybridized carbons (Fsp3) is 0.537. The van der Waals surface area contributed by atoms with Gasteiger partial charge >= 0.3 is 0 Å². The highest BCUT2D eigenvalue weighted by molar-refractivity contribution is 7.89. The van der Waals surface area contributed by atoms with E-state index in [4.69, 9.17) is 67.8 Å². The van der Waals surface area contributed by atoms with Gasteiger partial charge in [-0.3, -0.25) is 38.4 Å². The van der Waals surface area contributed by atoms with Gasteiger partial charge in [-0.05, 0) is 206 Å². The van der Waals surface area contributed by atoms with Crippen LogP contribution in [0, 0.1) is 53.3 Å². The van der Waals surface area contributed by atoms with E-state index in [0.717, 1.165) is 82.1 Å². The van der Waals surface area contributed by atoms with Gasteiger partial charge in [-0.1, -0.05) is 95.3 Å². The number of aliphatic hydroxyl groups excluding tert-OH is 5. The number of nitrogens with one attached hydrogen (secondary N) is 6. The zero-order chi connectivity index (χ0) is 93.9. The second kappa shape index (κ2) is 41.9. The summed E-state index contributed by atoms with van der Waals surface area (Å²) in [7, 11) is -4.12. The van der Waals surface area contributed by atoms with Crippen LogP contribution in [0.1, 0.15) is 208 Å². The first-order valence-corrected chi connectivity index (χ1v) is 47.5. The number of hydrogen-bond acceptors (Lipinski definition) is 27. The van der Waals surface area contributed by atoms with E-state index in [1.165, 1.54) is 60.7 Å². The van der Waals surface area contributed by atoms with Gasteiger partial charge in [0.1, 0.15) is 89.2 Å². The summed E-state index contributed by atoms with van der Waals surface area (Å²) in [5.41, 5.74) is 10.5. The summed E-state index contributed by atoms with van der Waals surface area (Å²) in [5, 5.41) is 112. The zero-order valence-electron chi connectivity index (χ0n) is 73.8. The maximum Gasteiger partial charge on any atom is 0.246 e. The zero-order valence-corrected chi connectivity index (χ0v) is 76.1. The summed E-state index contributed by atoms with van der Waals surface area (Å²) >= 11 is 14.6. The van der Waals surface area contributed by atoms with Gasteiger partial charge in [0.25, 0.3) is 0 Å². The van der Waals surface area contributed by atoms with Gasteiger partial charge in [-0.2, -0.15) is 0 Å². The summed E-state index contributed by atoms with van der Waals surface area (Å²) in [4.78, 5) is 124. The van der Waals surface area contributed by atoms with Gasteiger partial charge in [0.05, 0.1) is 51.7 Å². The molecule has 6 fully saturated rings. The van der Waals surface area contributed by atoms with E-state index in [9.17, 15) is 58.9 Å². The van der Waals surface area contributed by atoms with Crippen molar-refractivity contribution in [2.75, 3.05) is 26.3 Å². The van der Waals surface area contributed by atoms with Gasteiger partial charge in [0, 0.05) is 74.8 Å². The van der Waals surface area contributed by atoms with Crippen molar-refractivity contribution in [1.29, 1.82) is 0 Å². The smallest absolute Gasteiger partial charge is 0.246 e. The van der Waals surface area contributed by atoms with Gasteiger partial charge in [0.2, 0.25) is 51.6 Å². The van der Waals surface area contributed by atoms with Crippen LogP contribution in [0.2, 0.25) is 10.0 Å². The minimum absolute atomic E-state index is 0.0233. The number of nitrogens with two attached hydrogens (primary N) is 2. The lowest BCUT2D eigenvalue weighted by atomic mass is 9.51. The van der Waals surface area contributed by atoms with Crippen LogP contribution in [0.3, 0.4) is 0 Å². The molecule has 4 saturated carbocycles. The molecule has 708 valence electrons. The van der Waals surface area contributed by atoms with Crippen molar-refractivity contribution in [3.8, 4) is 62.9 Å². The van der Waals surface area contributed by atoms with Crippen molar-refractivity contribution in [2.24, 2.45) is 64.7 Å². The molecule has 18 atom stereocenters. The van der Waals surface area contributed by atoms with Crippen molar-refractivity contribution >= 4 is 80.1 Å². The number of phenolic OH excluding ortho intramolecular Hbond substituents is 3. The molecule has 0 spiro atoms. The molecule has 5 amide bonds. The van der Waals surface area contributed by atoms with Crippen LogP contribution in [0.25, 0.3) is 11.1 Å². The lowest BCUT2D eigenvalue weighted by Gasteiger charge is -2.54. The highest BCUT2D eigenvalue weighted by Gasteiger charge is 2.53. The van der Waals surface area contributed by atoms with E-state index in [1.54, 1.807) is 26.0 Å². The first-order chi connectivity index (χ1) is 62.5. The lowest BCUT2D eigenvalue weighted by Crippen LogP contribution is -2.62. The van der Waals surface area contributed by atoms with E-state index < -0.39 is 227 Å². The average Bonchev–Trinajstić information content (AvgIpc) is 0.752. The Morgan fingerprint density at radius 1 is 0.679 bits per heavy atom. The molecule has 7 aliphatic heterocycles. The maximum absolute atomic E-state index is 16.8. The van der Waals surface area contributed by atoms with Crippen LogP contribution in [0.15, 0.2) is 102 Å². The Hall–Kier alpha value is -9.63. The highest BCUT2D eigenvalue weighted by atomic mass is 35.5. The molecule has 2 saturated heterocycles. The van der Waals surface area contributed by atoms with Crippen molar-refractivity contribution in [3.63, 3.8) is 0 Å². The first kappa shape index (κ1) is 97.4. The molecule has 18 N–H and O–H groups in total. The normalized spacial score (nSPS) is 29.3. The minimum atomic E-state index is -4.12. The number of hydrogen-bond donors (Lipinski definition) is 16. The van der Waals surface area contributed by atoms with Crippen LogP contribution < -0.4 is 61.7 Å². The van der Waals surface area contributed by atoms with Crippen LogP contribution >= 0.6 is 23.2 Å². The number of carbonyl (C=O) groups is 8. The topological polar surface area (TPSA) is 521 Å². The monoisotopic (exact) mass is 1870 g/mol. The third kappa shape index (κ3) is 21.9. The van der Waals surface area contributed by atoms with E-state index >= 15 is 28.8 Å².